The summed E-state index contributed by atoms with van der Waals surface area (Å²) in [5.41, 5.74) is 0. The summed E-state index contributed by atoms with van der Waals surface area (Å²) >= 11 is 0. The third-order valence-electron chi connectivity index (χ3n) is 4.22. The van der Waals surface area contributed by atoms with Crippen LogP contribution in [0, 0.1) is 34.5 Å². The van der Waals surface area contributed by atoms with Gasteiger partial charge in [0.15, 0.2) is 0 Å². The topological polar surface area (TPSA) is 125 Å². The normalized spacial score (nSPS) is 15.1. The van der Waals surface area contributed by atoms with Gasteiger partial charge in [0.25, 0.3) is 0 Å². The highest BCUT2D eigenvalue weighted by Gasteiger charge is 2.24. The van der Waals surface area contributed by atoms with Crippen molar-refractivity contribution in [1.29, 1.82) is 10.5 Å². The van der Waals surface area contributed by atoms with Crippen molar-refractivity contribution >= 4 is 11.9 Å². The van der Waals surface area contributed by atoms with Crippen molar-refractivity contribution in [2.45, 2.75) is 78.3 Å². The molecule has 0 aliphatic heterocycles. The molecule has 0 saturated heterocycles. The summed E-state index contributed by atoms with van der Waals surface area (Å²) in [7, 11) is 0. The minimum absolute atomic E-state index is 0.0553. The Balaban J connectivity index is 4.61. The third-order valence-corrected chi connectivity index (χ3v) is 4.22. The first kappa shape index (κ1) is 25.5. The highest BCUT2D eigenvalue weighted by atomic mass is 16.5. The van der Waals surface area contributed by atoms with Gasteiger partial charge < -0.3 is 9.47 Å². The van der Waals surface area contributed by atoms with Gasteiger partial charge in [0.2, 0.25) is 0 Å². The van der Waals surface area contributed by atoms with Crippen molar-refractivity contribution in [1.82, 2.24) is 0 Å². The minimum Gasteiger partial charge on any atom is -0.466 e. The van der Waals surface area contributed by atoms with E-state index in [1.54, 1.807) is 13.8 Å². The standard InChI is InChI=1S/C20H32N4O4/c1-5-7-9-27-19(25)11-17(13-21)15(3)23-24-16(4)18(14-22)12-20(26)28-10-8-6-2/h15-18H,5-12H2,1-4H3. The van der Waals surface area contributed by atoms with Gasteiger partial charge in [-0.1, -0.05) is 26.7 Å². The van der Waals surface area contributed by atoms with Gasteiger partial charge in [-0.25, -0.2) is 0 Å². The van der Waals surface area contributed by atoms with E-state index in [0.717, 1.165) is 25.7 Å². The number of esters is 2. The van der Waals surface area contributed by atoms with Gasteiger partial charge in [-0.2, -0.15) is 20.8 Å². The fourth-order valence-electron chi connectivity index (χ4n) is 2.16. The van der Waals surface area contributed by atoms with Crippen molar-refractivity contribution in [2.24, 2.45) is 22.1 Å². The summed E-state index contributed by atoms with van der Waals surface area (Å²) in [4.78, 5) is 23.5. The molecule has 0 rings (SSSR count). The molecule has 0 aromatic carbocycles. The predicted molar refractivity (Wildman–Crippen MR) is 103 cm³/mol. The monoisotopic (exact) mass is 392 g/mol. The smallest absolute Gasteiger partial charge is 0.307 e. The number of carbonyl (C=O) groups excluding carboxylic acids is 2. The molecule has 0 aromatic heterocycles. The van der Waals surface area contributed by atoms with Gasteiger partial charge in [0.05, 0.1) is 62.1 Å². The SMILES string of the molecule is CCCCOC(=O)CC(C#N)C(C)N=NC(C)C(C#N)CC(=O)OCCCC. The van der Waals surface area contributed by atoms with E-state index < -0.39 is 35.9 Å². The summed E-state index contributed by atoms with van der Waals surface area (Å²) in [6.07, 6.45) is 3.30. The van der Waals surface area contributed by atoms with Crippen LogP contribution in [0.1, 0.15) is 66.2 Å². The van der Waals surface area contributed by atoms with E-state index in [2.05, 4.69) is 22.4 Å². The Bertz CT molecular complexity index is 530. The van der Waals surface area contributed by atoms with Crippen LogP contribution in [-0.4, -0.2) is 37.2 Å². The molecule has 28 heavy (non-hydrogen) atoms. The molecule has 0 aliphatic rings. The number of hydrogen-bond acceptors (Lipinski definition) is 8. The largest absolute Gasteiger partial charge is 0.466 e. The Morgan fingerprint density at radius 2 is 1.18 bits per heavy atom. The average Bonchev–Trinajstić information content (AvgIpc) is 2.68. The first-order chi connectivity index (χ1) is 13.4. The van der Waals surface area contributed by atoms with E-state index in [1.165, 1.54) is 0 Å². The number of azo groups is 1. The molecular weight excluding hydrogens is 360 g/mol. The van der Waals surface area contributed by atoms with Gasteiger partial charge in [0.1, 0.15) is 0 Å². The molecular formula is C20H32N4O4. The molecule has 0 aliphatic carbocycles. The van der Waals surface area contributed by atoms with Gasteiger partial charge in [-0.05, 0) is 26.7 Å². The number of unbranched alkanes of at least 4 members (excludes halogenated alkanes) is 2. The Kier molecular flexibility index (Phi) is 14.2. The van der Waals surface area contributed by atoms with Gasteiger partial charge in [0, 0.05) is 0 Å². The number of nitrogens with zero attached hydrogens (tertiary/aromatic N) is 4. The zero-order chi connectivity index (χ0) is 21.4. The number of hydrogen-bond donors (Lipinski definition) is 0. The van der Waals surface area contributed by atoms with Crippen LogP contribution in [0.3, 0.4) is 0 Å². The molecule has 8 nitrogen and oxygen atoms in total. The third kappa shape index (κ3) is 11.3. The summed E-state index contributed by atoms with van der Waals surface area (Å²) in [6, 6.07) is 3.06. The first-order valence-corrected chi connectivity index (χ1v) is 9.89. The second-order valence-corrected chi connectivity index (χ2v) is 6.74. The minimum atomic E-state index is -0.662. The van der Waals surface area contributed by atoms with E-state index in [4.69, 9.17) is 9.47 Å². The second-order valence-electron chi connectivity index (χ2n) is 6.74. The lowest BCUT2D eigenvalue weighted by atomic mass is 9.99. The number of carbonyl (C=O) groups is 2. The van der Waals surface area contributed by atoms with Crippen molar-refractivity contribution in [3.8, 4) is 12.1 Å². The quantitative estimate of drug-likeness (QED) is 0.250. The Hall–Kier alpha value is -2.48. The molecule has 4 atom stereocenters. The Morgan fingerprint density at radius 3 is 1.46 bits per heavy atom. The van der Waals surface area contributed by atoms with Crippen molar-refractivity contribution < 1.29 is 19.1 Å². The van der Waals surface area contributed by atoms with E-state index in [9.17, 15) is 20.1 Å². The van der Waals surface area contributed by atoms with Crippen LogP contribution in [0.5, 0.6) is 0 Å². The molecule has 0 amide bonds. The van der Waals surface area contributed by atoms with Crippen LogP contribution in [0.2, 0.25) is 0 Å². The van der Waals surface area contributed by atoms with E-state index in [0.29, 0.717) is 13.2 Å². The maximum Gasteiger partial charge on any atom is 0.307 e. The average molecular weight is 393 g/mol. The van der Waals surface area contributed by atoms with Crippen LogP contribution in [0.15, 0.2) is 10.2 Å². The molecule has 4 unspecified atom stereocenters. The van der Waals surface area contributed by atoms with Crippen LogP contribution in [-0.2, 0) is 19.1 Å². The zero-order valence-corrected chi connectivity index (χ0v) is 17.4. The molecule has 0 N–H and O–H groups in total. The predicted octanol–water partition coefficient (Wildman–Crippen LogP) is 3.96. The Labute approximate surface area is 167 Å². The molecule has 0 radical (unpaired) electrons. The summed E-state index contributed by atoms with van der Waals surface area (Å²) in [6.45, 7) is 8.05. The summed E-state index contributed by atoms with van der Waals surface area (Å²) in [5.74, 6) is -2.19. The molecule has 0 heterocycles. The number of nitriles is 2. The first-order valence-electron chi connectivity index (χ1n) is 9.89. The van der Waals surface area contributed by atoms with Crippen LogP contribution in [0.4, 0.5) is 0 Å². The fraction of sp³-hybridized carbons (Fsp3) is 0.800. The maximum atomic E-state index is 11.8. The molecule has 156 valence electrons. The lowest BCUT2D eigenvalue weighted by molar-refractivity contribution is -0.145. The summed E-state index contributed by atoms with van der Waals surface area (Å²) < 4.78 is 10.1. The van der Waals surface area contributed by atoms with Gasteiger partial charge in [-0.15, -0.1) is 0 Å². The highest BCUT2D eigenvalue weighted by molar-refractivity contribution is 5.70. The molecule has 0 spiro atoms. The van der Waals surface area contributed by atoms with Crippen molar-refractivity contribution in [3.63, 3.8) is 0 Å². The Morgan fingerprint density at radius 1 is 0.821 bits per heavy atom. The highest BCUT2D eigenvalue weighted by Crippen LogP contribution is 2.17. The van der Waals surface area contributed by atoms with Gasteiger partial charge in [-0.3, -0.25) is 9.59 Å². The molecule has 0 aromatic rings. The molecule has 0 bridgehead atoms. The lowest BCUT2D eigenvalue weighted by Crippen LogP contribution is -2.21. The molecule has 0 saturated carbocycles. The number of rotatable bonds is 14. The maximum absolute atomic E-state index is 11.8. The van der Waals surface area contributed by atoms with E-state index >= 15 is 0 Å². The molecule has 8 heteroatoms. The molecule has 0 fully saturated rings. The second kappa shape index (κ2) is 15.6. The van der Waals surface area contributed by atoms with Crippen molar-refractivity contribution in [2.75, 3.05) is 13.2 Å². The van der Waals surface area contributed by atoms with Crippen LogP contribution >= 0.6 is 0 Å². The van der Waals surface area contributed by atoms with Gasteiger partial charge >= 0.3 is 11.9 Å². The lowest BCUT2D eigenvalue weighted by Gasteiger charge is -2.15. The van der Waals surface area contributed by atoms with Crippen molar-refractivity contribution in [3.05, 3.63) is 0 Å². The van der Waals surface area contributed by atoms with Crippen LogP contribution in [0.25, 0.3) is 0 Å². The van der Waals surface area contributed by atoms with E-state index in [-0.39, 0.29) is 12.8 Å². The zero-order valence-electron chi connectivity index (χ0n) is 17.4. The summed E-state index contributed by atoms with van der Waals surface area (Å²) in [5, 5.41) is 26.7. The number of ether oxygens (including phenoxy) is 2. The fourth-order valence-corrected chi connectivity index (χ4v) is 2.16. The van der Waals surface area contributed by atoms with Crippen LogP contribution < -0.4 is 0 Å². The van der Waals surface area contributed by atoms with E-state index in [1.807, 2.05) is 13.8 Å².